The van der Waals surface area contributed by atoms with Crippen molar-refractivity contribution in [3.05, 3.63) is 28.9 Å². The van der Waals surface area contributed by atoms with Crippen molar-refractivity contribution in [2.24, 2.45) is 0 Å². The van der Waals surface area contributed by atoms with Gasteiger partial charge in [0.25, 0.3) is 0 Å². The first-order chi connectivity index (χ1) is 6.48. The summed E-state index contributed by atoms with van der Waals surface area (Å²) >= 11 is 5.89. The largest absolute Gasteiger partial charge is 0.355 e. The third-order valence-electron chi connectivity index (χ3n) is 2.29. The molecule has 74 valence electrons. The number of rotatable bonds is 0. The first-order valence-electron chi connectivity index (χ1n) is 4.54. The maximum atomic E-state index is 5.89. The summed E-state index contributed by atoms with van der Waals surface area (Å²) in [7, 11) is 0. The normalized spacial score (nSPS) is 12.3. The molecule has 0 aliphatic rings. The second-order valence-electron chi connectivity index (χ2n) is 4.43. The van der Waals surface area contributed by atoms with Crippen LogP contribution >= 0.6 is 11.6 Å². The molecule has 0 bridgehead atoms. The van der Waals surface area contributed by atoms with E-state index in [-0.39, 0.29) is 5.41 Å². The fourth-order valence-corrected chi connectivity index (χ4v) is 1.56. The minimum Gasteiger partial charge on any atom is -0.355 e. The highest BCUT2D eigenvalue weighted by atomic mass is 35.5. The molecule has 0 atom stereocenters. The van der Waals surface area contributed by atoms with Crippen molar-refractivity contribution in [1.82, 2.24) is 5.16 Å². The molecule has 0 unspecified atom stereocenters. The Bertz CT molecular complexity index is 468. The lowest BCUT2D eigenvalue weighted by atomic mass is 9.87. The predicted octanol–water partition coefficient (Wildman–Crippen LogP) is 3.78. The number of hydrogen-bond acceptors (Lipinski definition) is 2. The molecule has 2 nitrogen and oxygen atoms in total. The van der Waals surface area contributed by atoms with Crippen LogP contribution in [0.15, 0.2) is 22.7 Å². The quantitative estimate of drug-likeness (QED) is 0.660. The highest BCUT2D eigenvalue weighted by Crippen LogP contribution is 2.29. The zero-order valence-corrected chi connectivity index (χ0v) is 9.22. The van der Waals surface area contributed by atoms with Gasteiger partial charge in [-0.1, -0.05) is 43.6 Å². The molecule has 0 spiro atoms. The van der Waals surface area contributed by atoms with Crippen molar-refractivity contribution in [2.45, 2.75) is 26.2 Å². The van der Waals surface area contributed by atoms with E-state index < -0.39 is 0 Å². The molecule has 1 aromatic carbocycles. The molecule has 0 aliphatic carbocycles. The first kappa shape index (κ1) is 9.53. The van der Waals surface area contributed by atoms with Crippen molar-refractivity contribution < 1.29 is 4.52 Å². The van der Waals surface area contributed by atoms with Crippen molar-refractivity contribution in [2.75, 3.05) is 0 Å². The van der Waals surface area contributed by atoms with Gasteiger partial charge in [0.15, 0.2) is 10.7 Å². The van der Waals surface area contributed by atoms with Gasteiger partial charge >= 0.3 is 0 Å². The van der Waals surface area contributed by atoms with Crippen LogP contribution in [-0.4, -0.2) is 5.16 Å². The number of fused-ring (bicyclic) bond motifs is 1. The van der Waals surface area contributed by atoms with Gasteiger partial charge in [-0.3, -0.25) is 0 Å². The molecule has 14 heavy (non-hydrogen) atoms. The van der Waals surface area contributed by atoms with Crippen LogP contribution in [0.25, 0.3) is 11.0 Å². The van der Waals surface area contributed by atoms with Gasteiger partial charge in [0.05, 0.1) is 5.39 Å². The van der Waals surface area contributed by atoms with Crippen LogP contribution in [0.3, 0.4) is 0 Å². The van der Waals surface area contributed by atoms with Gasteiger partial charge in [-0.25, -0.2) is 0 Å². The standard InChI is InChI=1S/C11H12ClNO/c1-11(2,3)7-4-5-9-8(6-7)10(12)13-14-9/h4-6H,1-3H3. The Labute approximate surface area is 87.8 Å². The van der Waals surface area contributed by atoms with Crippen molar-refractivity contribution in [1.29, 1.82) is 0 Å². The SMILES string of the molecule is CC(C)(C)c1ccc2onc(Cl)c2c1. The fourth-order valence-electron chi connectivity index (χ4n) is 1.38. The molecule has 3 heteroatoms. The number of benzene rings is 1. The van der Waals surface area contributed by atoms with Crippen molar-refractivity contribution in [3.8, 4) is 0 Å². The van der Waals surface area contributed by atoms with Gasteiger partial charge in [-0.05, 0) is 23.1 Å². The lowest BCUT2D eigenvalue weighted by Crippen LogP contribution is -2.10. The van der Waals surface area contributed by atoms with Gasteiger partial charge in [-0.2, -0.15) is 0 Å². The summed E-state index contributed by atoms with van der Waals surface area (Å²) in [5.74, 6) is 0. The lowest BCUT2D eigenvalue weighted by molar-refractivity contribution is 0.456. The Hall–Kier alpha value is -1.02. The Morgan fingerprint density at radius 2 is 2.00 bits per heavy atom. The molecule has 0 saturated heterocycles. The Balaban J connectivity index is 2.66. The molecule has 0 amide bonds. The molecule has 0 aliphatic heterocycles. The molecule has 0 saturated carbocycles. The fraction of sp³-hybridized carbons (Fsp3) is 0.364. The average molecular weight is 210 g/mol. The zero-order valence-electron chi connectivity index (χ0n) is 8.47. The second kappa shape index (κ2) is 2.99. The molecule has 0 radical (unpaired) electrons. The molecular formula is C11H12ClNO. The molecule has 2 rings (SSSR count). The molecule has 0 fully saturated rings. The van der Waals surface area contributed by atoms with Crippen LogP contribution < -0.4 is 0 Å². The summed E-state index contributed by atoms with van der Waals surface area (Å²) in [5, 5.41) is 5.03. The van der Waals surface area contributed by atoms with Crippen molar-refractivity contribution >= 4 is 22.6 Å². The summed E-state index contributed by atoms with van der Waals surface area (Å²) in [5.41, 5.74) is 2.09. The van der Waals surface area contributed by atoms with Gasteiger partial charge < -0.3 is 4.52 Å². The topological polar surface area (TPSA) is 26.0 Å². The Kier molecular flexibility index (Phi) is 2.04. The van der Waals surface area contributed by atoms with E-state index in [2.05, 4.69) is 25.9 Å². The van der Waals surface area contributed by atoms with Crippen LogP contribution in [0.5, 0.6) is 0 Å². The van der Waals surface area contributed by atoms with E-state index in [9.17, 15) is 0 Å². The summed E-state index contributed by atoms with van der Waals surface area (Å²) in [6.07, 6.45) is 0. The summed E-state index contributed by atoms with van der Waals surface area (Å²) < 4.78 is 5.03. The van der Waals surface area contributed by atoms with Gasteiger partial charge in [0, 0.05) is 0 Å². The van der Waals surface area contributed by atoms with Crippen LogP contribution in [-0.2, 0) is 5.41 Å². The molecule has 2 aromatic rings. The number of hydrogen-bond donors (Lipinski definition) is 0. The summed E-state index contributed by atoms with van der Waals surface area (Å²) in [6.45, 7) is 6.49. The van der Waals surface area contributed by atoms with E-state index >= 15 is 0 Å². The minimum atomic E-state index is 0.120. The lowest BCUT2D eigenvalue weighted by Gasteiger charge is -2.18. The van der Waals surface area contributed by atoms with E-state index in [1.165, 1.54) is 5.56 Å². The summed E-state index contributed by atoms with van der Waals surface area (Å²) in [6, 6.07) is 5.99. The summed E-state index contributed by atoms with van der Waals surface area (Å²) in [4.78, 5) is 0. The van der Waals surface area contributed by atoms with Crippen LogP contribution in [0, 0.1) is 0 Å². The zero-order chi connectivity index (χ0) is 10.3. The average Bonchev–Trinajstić information content (AvgIpc) is 2.46. The highest BCUT2D eigenvalue weighted by Gasteiger charge is 2.15. The highest BCUT2D eigenvalue weighted by molar-refractivity contribution is 6.34. The van der Waals surface area contributed by atoms with E-state index in [0.717, 1.165) is 11.0 Å². The number of aromatic nitrogens is 1. The molecule has 1 aromatic heterocycles. The van der Waals surface area contributed by atoms with E-state index in [4.69, 9.17) is 16.1 Å². The Morgan fingerprint density at radius 3 is 2.64 bits per heavy atom. The molecule has 0 N–H and O–H groups in total. The third kappa shape index (κ3) is 1.50. The predicted molar refractivity (Wildman–Crippen MR) is 57.7 cm³/mol. The van der Waals surface area contributed by atoms with Crippen LogP contribution in [0.4, 0.5) is 0 Å². The number of nitrogens with zero attached hydrogens (tertiary/aromatic N) is 1. The van der Waals surface area contributed by atoms with Crippen LogP contribution in [0.1, 0.15) is 26.3 Å². The van der Waals surface area contributed by atoms with Gasteiger partial charge in [0.1, 0.15) is 0 Å². The number of halogens is 1. The smallest absolute Gasteiger partial charge is 0.180 e. The van der Waals surface area contributed by atoms with E-state index in [1.54, 1.807) is 0 Å². The van der Waals surface area contributed by atoms with Gasteiger partial charge in [-0.15, -0.1) is 0 Å². The van der Waals surface area contributed by atoms with E-state index in [0.29, 0.717) is 5.15 Å². The van der Waals surface area contributed by atoms with E-state index in [1.807, 2.05) is 18.2 Å². The maximum absolute atomic E-state index is 5.89. The monoisotopic (exact) mass is 209 g/mol. The second-order valence-corrected chi connectivity index (χ2v) is 4.79. The molecule has 1 heterocycles. The minimum absolute atomic E-state index is 0.120. The van der Waals surface area contributed by atoms with Crippen molar-refractivity contribution in [3.63, 3.8) is 0 Å². The third-order valence-corrected chi connectivity index (χ3v) is 2.56. The maximum Gasteiger partial charge on any atom is 0.180 e. The Morgan fingerprint density at radius 1 is 1.29 bits per heavy atom. The first-order valence-corrected chi connectivity index (χ1v) is 4.92. The van der Waals surface area contributed by atoms with Gasteiger partial charge in [0.2, 0.25) is 0 Å². The molecular weight excluding hydrogens is 198 g/mol. The van der Waals surface area contributed by atoms with Crippen LogP contribution in [0.2, 0.25) is 5.15 Å².